The van der Waals surface area contributed by atoms with Crippen LogP contribution in [-0.2, 0) is 20.6 Å². The van der Waals surface area contributed by atoms with E-state index in [1.807, 2.05) is 19.1 Å². The molecule has 1 saturated heterocycles. The number of esters is 1. The summed E-state index contributed by atoms with van der Waals surface area (Å²) in [5.41, 5.74) is 1.95. The minimum Gasteiger partial charge on any atom is -0.461 e. The molecule has 204 valence electrons. The summed E-state index contributed by atoms with van der Waals surface area (Å²) >= 11 is 0. The summed E-state index contributed by atoms with van der Waals surface area (Å²) in [6.45, 7) is 4.69. The fraction of sp³-hybridized carbons (Fsp3) is 0.333. The fourth-order valence-electron chi connectivity index (χ4n) is 4.66. The van der Waals surface area contributed by atoms with Crippen molar-refractivity contribution in [3.05, 3.63) is 65.2 Å². The van der Waals surface area contributed by atoms with Crippen LogP contribution in [0.5, 0.6) is 0 Å². The lowest BCUT2D eigenvalue weighted by atomic mass is 10.0. The third kappa shape index (κ3) is 5.19. The van der Waals surface area contributed by atoms with Crippen LogP contribution < -0.4 is 0 Å². The van der Waals surface area contributed by atoms with Crippen LogP contribution in [0.1, 0.15) is 28.7 Å². The molecular formula is C27H27F2N5O5. The lowest BCUT2D eigenvalue weighted by Gasteiger charge is -2.32. The van der Waals surface area contributed by atoms with Gasteiger partial charge in [0.15, 0.2) is 5.69 Å². The average molecular weight is 540 g/mol. The molecule has 1 fully saturated rings. The number of aromatic nitrogens is 4. The van der Waals surface area contributed by atoms with Crippen molar-refractivity contribution in [3.8, 4) is 22.6 Å². The second-order valence-corrected chi connectivity index (χ2v) is 9.12. The van der Waals surface area contributed by atoms with Crippen LogP contribution in [-0.4, -0.2) is 75.8 Å². The average Bonchev–Trinajstić information content (AvgIpc) is 3.54. The standard InChI is InChI=1S/C27H27F2N5O5/c1-4-38-26(35)20-13-30-25(31-20)16-10-18(28)23(19(29)11-16)24-21(34-6-5-15(2)9-22(34)32-24)12-17-14-33(7-8-39-17)27(36)37-3/h5-6,9-11,13,17H,4,7-8,12,14H2,1-3H3,(H,30,31). The molecule has 1 atom stereocenters. The van der Waals surface area contributed by atoms with Gasteiger partial charge in [0, 0.05) is 30.9 Å². The van der Waals surface area contributed by atoms with Crippen LogP contribution in [0.2, 0.25) is 0 Å². The Morgan fingerprint density at radius 3 is 2.69 bits per heavy atom. The Labute approximate surface area is 222 Å². The maximum Gasteiger partial charge on any atom is 0.409 e. The minimum atomic E-state index is -0.846. The summed E-state index contributed by atoms with van der Waals surface area (Å²) in [6, 6.07) is 5.97. The number of aromatic amines is 1. The maximum absolute atomic E-state index is 15.6. The van der Waals surface area contributed by atoms with Gasteiger partial charge in [0.2, 0.25) is 0 Å². The first-order valence-corrected chi connectivity index (χ1v) is 12.4. The van der Waals surface area contributed by atoms with Crippen molar-refractivity contribution in [1.29, 1.82) is 0 Å². The molecule has 0 spiro atoms. The predicted octanol–water partition coefficient (Wildman–Crippen LogP) is 4.16. The first-order valence-electron chi connectivity index (χ1n) is 12.4. The molecule has 5 rings (SSSR count). The van der Waals surface area contributed by atoms with Gasteiger partial charge < -0.3 is 28.5 Å². The number of amides is 1. The number of pyridine rings is 1. The Morgan fingerprint density at radius 1 is 1.21 bits per heavy atom. The van der Waals surface area contributed by atoms with Crippen LogP contribution in [0, 0.1) is 18.6 Å². The number of hydrogen-bond donors (Lipinski definition) is 1. The molecule has 1 N–H and O–H groups in total. The number of rotatable bonds is 6. The monoisotopic (exact) mass is 539 g/mol. The van der Waals surface area contributed by atoms with Crippen molar-refractivity contribution in [2.24, 2.45) is 0 Å². The lowest BCUT2D eigenvalue weighted by Crippen LogP contribution is -2.46. The highest BCUT2D eigenvalue weighted by Crippen LogP contribution is 2.34. The molecular weight excluding hydrogens is 512 g/mol. The fourth-order valence-corrected chi connectivity index (χ4v) is 4.66. The summed E-state index contributed by atoms with van der Waals surface area (Å²) in [5, 5.41) is 0. The molecule has 39 heavy (non-hydrogen) atoms. The number of fused-ring (bicyclic) bond motifs is 1. The molecule has 1 aromatic carbocycles. The van der Waals surface area contributed by atoms with E-state index in [1.54, 1.807) is 17.5 Å². The molecule has 1 aliphatic rings. The largest absolute Gasteiger partial charge is 0.461 e. The highest BCUT2D eigenvalue weighted by molar-refractivity contribution is 5.87. The highest BCUT2D eigenvalue weighted by atomic mass is 19.1. The molecule has 0 saturated carbocycles. The number of imidazole rings is 2. The van der Waals surface area contributed by atoms with Gasteiger partial charge in [-0.25, -0.2) is 28.3 Å². The number of halogens is 2. The number of morpholine rings is 1. The predicted molar refractivity (Wildman–Crippen MR) is 136 cm³/mol. The second kappa shape index (κ2) is 10.8. The van der Waals surface area contributed by atoms with Gasteiger partial charge in [0.25, 0.3) is 0 Å². The van der Waals surface area contributed by atoms with Gasteiger partial charge in [0.05, 0.1) is 49.9 Å². The first kappa shape index (κ1) is 26.3. The van der Waals surface area contributed by atoms with Crippen LogP contribution >= 0.6 is 0 Å². The third-order valence-corrected chi connectivity index (χ3v) is 6.49. The number of ether oxygens (including phenoxy) is 3. The van der Waals surface area contributed by atoms with E-state index >= 15 is 8.78 Å². The zero-order chi connectivity index (χ0) is 27.7. The van der Waals surface area contributed by atoms with Crippen LogP contribution in [0.4, 0.5) is 13.6 Å². The summed E-state index contributed by atoms with van der Waals surface area (Å²) < 4.78 is 48.7. The number of methoxy groups -OCH3 is 1. The van der Waals surface area contributed by atoms with Crippen molar-refractivity contribution in [3.63, 3.8) is 0 Å². The molecule has 0 aliphatic carbocycles. The molecule has 0 bridgehead atoms. The van der Waals surface area contributed by atoms with Crippen molar-refractivity contribution < 1.29 is 32.6 Å². The normalized spacial score (nSPS) is 15.5. The van der Waals surface area contributed by atoms with Crippen LogP contribution in [0.15, 0.2) is 36.7 Å². The second-order valence-electron chi connectivity index (χ2n) is 9.12. The van der Waals surface area contributed by atoms with Crippen molar-refractivity contribution in [2.45, 2.75) is 26.4 Å². The van der Waals surface area contributed by atoms with Gasteiger partial charge in [-0.15, -0.1) is 0 Å². The molecule has 4 aromatic rings. The number of hydrogen-bond acceptors (Lipinski definition) is 7. The molecule has 10 nitrogen and oxygen atoms in total. The van der Waals surface area contributed by atoms with Gasteiger partial charge in [-0.2, -0.15) is 0 Å². The third-order valence-electron chi connectivity index (χ3n) is 6.49. The van der Waals surface area contributed by atoms with Gasteiger partial charge >= 0.3 is 12.1 Å². The van der Waals surface area contributed by atoms with E-state index in [4.69, 9.17) is 14.2 Å². The van der Waals surface area contributed by atoms with E-state index in [-0.39, 0.29) is 47.9 Å². The SMILES string of the molecule is CCOC(=O)c1c[nH]c(-c2cc(F)c(-c3nc4cc(C)ccn4c3CC3CN(C(=O)OC)CCO3)c(F)c2)n1. The molecule has 3 aromatic heterocycles. The van der Waals surface area contributed by atoms with Gasteiger partial charge in [0.1, 0.15) is 23.1 Å². The van der Waals surface area contributed by atoms with Crippen LogP contribution in [0.25, 0.3) is 28.3 Å². The molecule has 1 amide bonds. The number of H-pyrrole nitrogens is 1. The Morgan fingerprint density at radius 2 is 1.97 bits per heavy atom. The molecule has 0 radical (unpaired) electrons. The van der Waals surface area contributed by atoms with E-state index in [2.05, 4.69) is 15.0 Å². The Bertz CT molecular complexity index is 1530. The van der Waals surface area contributed by atoms with Crippen molar-refractivity contribution in [2.75, 3.05) is 33.4 Å². The van der Waals surface area contributed by atoms with Crippen molar-refractivity contribution >= 4 is 17.7 Å². The Balaban J connectivity index is 1.53. The minimum absolute atomic E-state index is 0.00299. The lowest BCUT2D eigenvalue weighted by molar-refractivity contribution is -0.0241. The Kier molecular flexibility index (Phi) is 7.29. The number of carbonyl (C=O) groups excluding carboxylic acids is 2. The number of carbonyl (C=O) groups is 2. The van der Waals surface area contributed by atoms with Gasteiger partial charge in [-0.05, 0) is 43.7 Å². The molecule has 1 aliphatic heterocycles. The van der Waals surface area contributed by atoms with Crippen molar-refractivity contribution in [1.82, 2.24) is 24.3 Å². The number of nitrogens with zero attached hydrogens (tertiary/aromatic N) is 4. The molecule has 1 unspecified atom stereocenters. The van der Waals surface area contributed by atoms with E-state index in [0.29, 0.717) is 24.5 Å². The van der Waals surface area contributed by atoms with Crippen LogP contribution in [0.3, 0.4) is 0 Å². The summed E-state index contributed by atoms with van der Waals surface area (Å²) in [7, 11) is 1.31. The number of aryl methyl sites for hydroxylation is 1. The highest BCUT2D eigenvalue weighted by Gasteiger charge is 2.29. The smallest absolute Gasteiger partial charge is 0.409 e. The molecule has 4 heterocycles. The first-order chi connectivity index (χ1) is 18.8. The maximum atomic E-state index is 15.6. The van der Waals surface area contributed by atoms with E-state index in [9.17, 15) is 9.59 Å². The number of nitrogens with one attached hydrogen (secondary N) is 1. The zero-order valence-electron chi connectivity index (χ0n) is 21.7. The summed E-state index contributed by atoms with van der Waals surface area (Å²) in [5.74, 6) is -2.22. The van der Waals surface area contributed by atoms with E-state index in [0.717, 1.165) is 17.7 Å². The molecule has 12 heteroatoms. The zero-order valence-corrected chi connectivity index (χ0v) is 21.7. The number of benzene rings is 1. The van der Waals surface area contributed by atoms with Gasteiger partial charge in [-0.3, -0.25) is 0 Å². The van der Waals surface area contributed by atoms with Gasteiger partial charge in [-0.1, -0.05) is 0 Å². The summed E-state index contributed by atoms with van der Waals surface area (Å²) in [6.07, 6.45) is 2.46. The van der Waals surface area contributed by atoms with E-state index < -0.39 is 29.8 Å². The Hall–Kier alpha value is -4.32. The quantitative estimate of drug-likeness (QED) is 0.366. The van der Waals surface area contributed by atoms with E-state index in [1.165, 1.54) is 18.2 Å². The summed E-state index contributed by atoms with van der Waals surface area (Å²) in [4.78, 5) is 37.0. The topological polar surface area (TPSA) is 111 Å².